The van der Waals surface area contributed by atoms with E-state index >= 15 is 0 Å². The summed E-state index contributed by atoms with van der Waals surface area (Å²) in [6, 6.07) is 10.8. The van der Waals surface area contributed by atoms with Gasteiger partial charge in [-0.15, -0.1) is 0 Å². The molecule has 0 atom stereocenters. The van der Waals surface area contributed by atoms with Crippen LogP contribution in [0.5, 0.6) is 11.5 Å². The van der Waals surface area contributed by atoms with Crippen LogP contribution >= 0.6 is 15.9 Å². The number of carbonyl (C=O) groups excluding carboxylic acids is 2. The number of benzene rings is 2. The van der Waals surface area contributed by atoms with Crippen LogP contribution in [-0.4, -0.2) is 32.2 Å². The Morgan fingerprint density at radius 1 is 1.15 bits per heavy atom. The molecule has 1 N–H and O–H groups in total. The van der Waals surface area contributed by atoms with Crippen LogP contribution in [0.2, 0.25) is 0 Å². The number of alkyl halides is 2. The highest BCUT2D eigenvalue weighted by Crippen LogP contribution is 2.32. The Kier molecular flexibility index (Phi) is 6.90. The normalized spacial score (nSPS) is 10.3. The number of nitrogens with one attached hydrogen (secondary N) is 1. The van der Waals surface area contributed by atoms with Crippen LogP contribution in [0.3, 0.4) is 0 Å². The summed E-state index contributed by atoms with van der Waals surface area (Å²) < 4.78 is 40.1. The van der Waals surface area contributed by atoms with Gasteiger partial charge in [0.15, 0.2) is 18.1 Å². The van der Waals surface area contributed by atoms with Gasteiger partial charge in [0.1, 0.15) is 5.56 Å². The summed E-state index contributed by atoms with van der Waals surface area (Å²) in [5, 5.41) is 2.53. The molecular formula is C17H14BrF2NO5. The maximum absolute atomic E-state index is 12.6. The van der Waals surface area contributed by atoms with Crippen LogP contribution < -0.4 is 14.8 Å². The van der Waals surface area contributed by atoms with E-state index in [0.717, 1.165) is 4.47 Å². The predicted octanol–water partition coefficient (Wildman–Crippen LogP) is 3.85. The van der Waals surface area contributed by atoms with Crippen molar-refractivity contribution in [1.82, 2.24) is 0 Å². The van der Waals surface area contributed by atoms with E-state index in [1.54, 1.807) is 24.3 Å². The van der Waals surface area contributed by atoms with Crippen LogP contribution in [0.1, 0.15) is 10.4 Å². The zero-order chi connectivity index (χ0) is 19.1. The van der Waals surface area contributed by atoms with E-state index in [1.165, 1.54) is 25.3 Å². The van der Waals surface area contributed by atoms with E-state index in [9.17, 15) is 18.4 Å². The number of hydrogen-bond donors (Lipinski definition) is 1. The number of methoxy groups -OCH3 is 1. The van der Waals surface area contributed by atoms with Crippen molar-refractivity contribution in [3.8, 4) is 11.5 Å². The lowest BCUT2D eigenvalue weighted by Gasteiger charge is -2.13. The first-order chi connectivity index (χ1) is 12.4. The molecule has 2 aromatic carbocycles. The minimum absolute atomic E-state index is 0.0564. The first-order valence-electron chi connectivity index (χ1n) is 7.25. The summed E-state index contributed by atoms with van der Waals surface area (Å²) in [5.74, 6) is -2.09. The molecule has 26 heavy (non-hydrogen) atoms. The molecule has 0 spiro atoms. The molecule has 0 radical (unpaired) electrons. The van der Waals surface area contributed by atoms with Gasteiger partial charge in [-0.25, -0.2) is 4.79 Å². The molecule has 1 amide bonds. The number of rotatable bonds is 7. The van der Waals surface area contributed by atoms with Crippen molar-refractivity contribution in [1.29, 1.82) is 0 Å². The SMILES string of the molecule is COc1cccc(C(=O)OCC(=O)Nc2ccc(Br)cc2)c1OC(F)F. The molecule has 6 nitrogen and oxygen atoms in total. The van der Waals surface area contributed by atoms with E-state index in [-0.39, 0.29) is 11.3 Å². The molecule has 2 rings (SSSR count). The van der Waals surface area contributed by atoms with Gasteiger partial charge in [-0.1, -0.05) is 22.0 Å². The topological polar surface area (TPSA) is 73.9 Å². The van der Waals surface area contributed by atoms with Crippen LogP contribution in [0, 0.1) is 0 Å². The molecule has 0 aliphatic heterocycles. The molecule has 0 aromatic heterocycles. The Bertz CT molecular complexity index is 783. The fourth-order valence-electron chi connectivity index (χ4n) is 1.99. The number of halogens is 3. The molecule has 0 heterocycles. The third-order valence-corrected chi connectivity index (χ3v) is 3.62. The summed E-state index contributed by atoms with van der Waals surface area (Å²) in [7, 11) is 1.24. The van der Waals surface area contributed by atoms with E-state index in [1.807, 2.05) is 0 Å². The quantitative estimate of drug-likeness (QED) is 0.676. The first kappa shape index (κ1) is 19.6. The standard InChI is InChI=1S/C17H14BrF2NO5/c1-24-13-4-2-3-12(15(13)26-17(19)20)16(23)25-9-14(22)21-11-7-5-10(18)6-8-11/h2-8,17H,9H2,1H3,(H,21,22). The highest BCUT2D eigenvalue weighted by atomic mass is 79.9. The number of anilines is 1. The van der Waals surface area contributed by atoms with Crippen LogP contribution in [0.15, 0.2) is 46.9 Å². The Balaban J connectivity index is 2.03. The molecule has 2 aromatic rings. The van der Waals surface area contributed by atoms with Gasteiger partial charge in [0.2, 0.25) is 0 Å². The van der Waals surface area contributed by atoms with E-state index in [4.69, 9.17) is 9.47 Å². The summed E-state index contributed by atoms with van der Waals surface area (Å²) in [6.45, 7) is -3.75. The molecule has 0 saturated heterocycles. The van der Waals surface area contributed by atoms with Crippen molar-refractivity contribution in [2.75, 3.05) is 19.0 Å². The molecule has 0 saturated carbocycles. The highest BCUT2D eigenvalue weighted by molar-refractivity contribution is 9.10. The van der Waals surface area contributed by atoms with Gasteiger partial charge in [0.25, 0.3) is 5.91 Å². The number of ether oxygens (including phenoxy) is 3. The lowest BCUT2D eigenvalue weighted by atomic mass is 10.2. The molecule has 138 valence electrons. The third kappa shape index (κ3) is 5.41. The van der Waals surface area contributed by atoms with Gasteiger partial charge in [0.05, 0.1) is 7.11 Å². The fraction of sp³-hybridized carbons (Fsp3) is 0.176. The second kappa shape index (κ2) is 9.14. The largest absolute Gasteiger partial charge is 0.493 e. The van der Waals surface area contributed by atoms with Crippen molar-refractivity contribution < 1.29 is 32.6 Å². The Labute approximate surface area is 156 Å². The molecule has 0 fully saturated rings. The molecule has 0 aliphatic rings. The van der Waals surface area contributed by atoms with Gasteiger partial charge in [-0.2, -0.15) is 8.78 Å². The zero-order valence-electron chi connectivity index (χ0n) is 13.5. The van der Waals surface area contributed by atoms with Gasteiger partial charge in [0, 0.05) is 10.2 Å². The predicted molar refractivity (Wildman–Crippen MR) is 92.7 cm³/mol. The number of para-hydroxylation sites is 1. The number of amides is 1. The molecule has 0 unspecified atom stereocenters. The molecular weight excluding hydrogens is 416 g/mol. The van der Waals surface area contributed by atoms with Gasteiger partial charge < -0.3 is 19.5 Å². The van der Waals surface area contributed by atoms with Gasteiger partial charge in [-0.05, 0) is 36.4 Å². The van der Waals surface area contributed by atoms with E-state index in [2.05, 4.69) is 26.0 Å². The van der Waals surface area contributed by atoms with Crippen molar-refractivity contribution >= 4 is 33.5 Å². The van der Waals surface area contributed by atoms with Crippen LogP contribution in [-0.2, 0) is 9.53 Å². The average molecular weight is 430 g/mol. The highest BCUT2D eigenvalue weighted by Gasteiger charge is 2.22. The van der Waals surface area contributed by atoms with E-state index < -0.39 is 30.8 Å². The molecule has 9 heteroatoms. The Morgan fingerprint density at radius 2 is 1.85 bits per heavy atom. The van der Waals surface area contributed by atoms with Crippen LogP contribution in [0.25, 0.3) is 0 Å². The van der Waals surface area contributed by atoms with Crippen molar-refractivity contribution in [2.24, 2.45) is 0 Å². The minimum atomic E-state index is -3.15. The van der Waals surface area contributed by atoms with Crippen molar-refractivity contribution in [3.63, 3.8) is 0 Å². The van der Waals surface area contributed by atoms with Crippen molar-refractivity contribution in [2.45, 2.75) is 6.61 Å². The lowest BCUT2D eigenvalue weighted by molar-refractivity contribution is -0.119. The second-order valence-electron chi connectivity index (χ2n) is 4.85. The lowest BCUT2D eigenvalue weighted by Crippen LogP contribution is -2.21. The monoisotopic (exact) mass is 429 g/mol. The maximum atomic E-state index is 12.6. The minimum Gasteiger partial charge on any atom is -0.493 e. The summed E-state index contributed by atoms with van der Waals surface area (Å²) in [5.41, 5.74) is 0.235. The maximum Gasteiger partial charge on any atom is 0.387 e. The smallest absolute Gasteiger partial charge is 0.387 e. The average Bonchev–Trinajstić information content (AvgIpc) is 2.61. The molecule has 0 aliphatic carbocycles. The number of esters is 1. The number of carbonyl (C=O) groups is 2. The molecule has 0 bridgehead atoms. The van der Waals surface area contributed by atoms with Gasteiger partial charge in [-0.3, -0.25) is 4.79 Å². The Hall–Kier alpha value is -2.68. The summed E-state index contributed by atoms with van der Waals surface area (Å²) >= 11 is 3.27. The Morgan fingerprint density at radius 3 is 2.46 bits per heavy atom. The zero-order valence-corrected chi connectivity index (χ0v) is 15.1. The van der Waals surface area contributed by atoms with Crippen LogP contribution in [0.4, 0.5) is 14.5 Å². The first-order valence-corrected chi connectivity index (χ1v) is 8.04. The third-order valence-electron chi connectivity index (χ3n) is 3.09. The summed E-state index contributed by atoms with van der Waals surface area (Å²) in [4.78, 5) is 24.0. The van der Waals surface area contributed by atoms with Gasteiger partial charge >= 0.3 is 12.6 Å². The fourth-order valence-corrected chi connectivity index (χ4v) is 2.25. The van der Waals surface area contributed by atoms with Crippen molar-refractivity contribution in [3.05, 3.63) is 52.5 Å². The second-order valence-corrected chi connectivity index (χ2v) is 5.76. The van der Waals surface area contributed by atoms with E-state index in [0.29, 0.717) is 5.69 Å². The summed E-state index contributed by atoms with van der Waals surface area (Å²) in [6.07, 6.45) is 0. The number of hydrogen-bond acceptors (Lipinski definition) is 5.